The Hall–Kier alpha value is -1.61. The number of likely N-dealkylation sites (tertiary alicyclic amines) is 1. The average molecular weight is 295 g/mol. The quantitative estimate of drug-likeness (QED) is 0.795. The van der Waals surface area contributed by atoms with Gasteiger partial charge < -0.3 is 10.0 Å². The maximum absolute atomic E-state index is 12.1. The summed E-state index contributed by atoms with van der Waals surface area (Å²) in [5.41, 5.74) is -0.769. The van der Waals surface area contributed by atoms with Crippen LogP contribution in [0.15, 0.2) is 0 Å². The maximum Gasteiger partial charge on any atom is 0.309 e. The second-order valence-electron chi connectivity index (χ2n) is 6.32. The molecule has 21 heavy (non-hydrogen) atoms. The van der Waals surface area contributed by atoms with Gasteiger partial charge in [-0.2, -0.15) is 5.26 Å². The highest BCUT2D eigenvalue weighted by Crippen LogP contribution is 2.34. The van der Waals surface area contributed by atoms with Crippen molar-refractivity contribution < 1.29 is 14.7 Å². The Morgan fingerprint density at radius 3 is 2.71 bits per heavy atom. The first-order valence-electron chi connectivity index (χ1n) is 7.35. The third-order valence-corrected chi connectivity index (χ3v) is 4.42. The lowest BCUT2D eigenvalue weighted by Gasteiger charge is -2.39. The van der Waals surface area contributed by atoms with Crippen LogP contribution in [0.3, 0.4) is 0 Å². The van der Waals surface area contributed by atoms with E-state index in [1.165, 1.54) is 0 Å². The summed E-state index contributed by atoms with van der Waals surface area (Å²) in [6, 6.07) is 2.02. The van der Waals surface area contributed by atoms with Gasteiger partial charge in [0.15, 0.2) is 0 Å². The normalized spacial score (nSPS) is 19.8. The van der Waals surface area contributed by atoms with Gasteiger partial charge in [0.25, 0.3) is 0 Å². The van der Waals surface area contributed by atoms with E-state index < -0.39 is 11.4 Å². The van der Waals surface area contributed by atoms with Gasteiger partial charge in [0.05, 0.1) is 24.4 Å². The average Bonchev–Trinajstić information content (AvgIpc) is 2.44. The zero-order valence-electron chi connectivity index (χ0n) is 13.1. The third-order valence-electron chi connectivity index (χ3n) is 4.42. The molecule has 1 amide bonds. The van der Waals surface area contributed by atoms with Crippen molar-refractivity contribution in [1.82, 2.24) is 9.80 Å². The fourth-order valence-electron chi connectivity index (χ4n) is 2.62. The van der Waals surface area contributed by atoms with Crippen LogP contribution in [0.4, 0.5) is 0 Å². The van der Waals surface area contributed by atoms with E-state index in [9.17, 15) is 14.7 Å². The summed E-state index contributed by atoms with van der Waals surface area (Å²) in [6.45, 7) is 5.71. The van der Waals surface area contributed by atoms with Crippen molar-refractivity contribution in [1.29, 1.82) is 5.26 Å². The molecule has 1 N–H and O–H groups in total. The van der Waals surface area contributed by atoms with Gasteiger partial charge in [0.1, 0.15) is 0 Å². The summed E-state index contributed by atoms with van der Waals surface area (Å²) in [5, 5.41) is 17.9. The van der Waals surface area contributed by atoms with Crippen molar-refractivity contribution in [3.63, 3.8) is 0 Å². The Kier molecular flexibility index (Phi) is 6.16. The third kappa shape index (κ3) is 4.71. The van der Waals surface area contributed by atoms with Gasteiger partial charge in [-0.05, 0) is 39.2 Å². The molecule has 0 bridgehead atoms. The minimum Gasteiger partial charge on any atom is -0.481 e. The number of likely N-dealkylation sites (N-methyl/N-ethyl adjacent to an activating group) is 1. The summed E-state index contributed by atoms with van der Waals surface area (Å²) in [4.78, 5) is 27.0. The van der Waals surface area contributed by atoms with E-state index in [-0.39, 0.29) is 11.8 Å². The molecule has 1 atom stereocenters. The minimum absolute atomic E-state index is 0.0148. The van der Waals surface area contributed by atoms with Gasteiger partial charge in [-0.15, -0.1) is 0 Å². The lowest BCUT2D eigenvalue weighted by atomic mass is 9.74. The van der Waals surface area contributed by atoms with E-state index in [2.05, 4.69) is 0 Å². The number of nitriles is 1. The smallest absolute Gasteiger partial charge is 0.309 e. The molecular formula is C15H25N3O3. The first kappa shape index (κ1) is 17.4. The topological polar surface area (TPSA) is 84.6 Å². The lowest BCUT2D eigenvalue weighted by molar-refractivity contribution is -0.151. The molecule has 1 saturated heterocycles. The molecule has 1 aliphatic rings. The Morgan fingerprint density at radius 2 is 2.14 bits per heavy atom. The molecule has 1 fully saturated rings. The zero-order valence-corrected chi connectivity index (χ0v) is 13.1. The van der Waals surface area contributed by atoms with Crippen LogP contribution in [-0.2, 0) is 9.59 Å². The number of carboxylic acids is 1. The van der Waals surface area contributed by atoms with Gasteiger partial charge in [-0.25, -0.2) is 0 Å². The molecule has 0 aromatic carbocycles. The van der Waals surface area contributed by atoms with E-state index >= 15 is 0 Å². The van der Waals surface area contributed by atoms with Crippen LogP contribution < -0.4 is 0 Å². The summed E-state index contributed by atoms with van der Waals surface area (Å²) < 4.78 is 0. The molecular weight excluding hydrogens is 270 g/mol. The number of carbonyl (C=O) groups excluding carboxylic acids is 1. The number of nitrogens with zero attached hydrogens (tertiary/aromatic N) is 3. The summed E-state index contributed by atoms with van der Waals surface area (Å²) in [6.07, 6.45) is 2.13. The Balaban J connectivity index is 2.56. The Morgan fingerprint density at radius 1 is 1.48 bits per heavy atom. The van der Waals surface area contributed by atoms with E-state index in [0.29, 0.717) is 26.1 Å². The number of aliphatic carboxylic acids is 1. The first-order chi connectivity index (χ1) is 9.78. The second-order valence-corrected chi connectivity index (χ2v) is 6.32. The molecule has 0 radical (unpaired) electrons. The fraction of sp³-hybridized carbons (Fsp3) is 0.800. The number of carbonyl (C=O) groups is 2. The van der Waals surface area contributed by atoms with E-state index in [0.717, 1.165) is 19.4 Å². The predicted molar refractivity (Wildman–Crippen MR) is 78.4 cm³/mol. The zero-order chi connectivity index (χ0) is 16.0. The van der Waals surface area contributed by atoms with Crippen LogP contribution in [0.5, 0.6) is 0 Å². The SMILES string of the molecule is CN(CCC#N)C(=O)CN1CCCC(C(C)(C)C(=O)O)C1. The molecule has 0 aromatic rings. The van der Waals surface area contributed by atoms with Crippen molar-refractivity contribution in [2.24, 2.45) is 11.3 Å². The maximum atomic E-state index is 12.1. The van der Waals surface area contributed by atoms with Crippen LogP contribution in [0, 0.1) is 22.7 Å². The van der Waals surface area contributed by atoms with Crippen LogP contribution in [0.25, 0.3) is 0 Å². The van der Waals surface area contributed by atoms with E-state index in [4.69, 9.17) is 5.26 Å². The lowest BCUT2D eigenvalue weighted by Crippen LogP contribution is -2.48. The molecule has 6 nitrogen and oxygen atoms in total. The highest BCUT2D eigenvalue weighted by Gasteiger charge is 2.39. The first-order valence-corrected chi connectivity index (χ1v) is 7.35. The molecule has 1 rings (SSSR count). The highest BCUT2D eigenvalue weighted by molar-refractivity contribution is 5.78. The van der Waals surface area contributed by atoms with Gasteiger partial charge in [0, 0.05) is 20.1 Å². The van der Waals surface area contributed by atoms with Crippen LogP contribution in [-0.4, -0.2) is 60.0 Å². The van der Waals surface area contributed by atoms with Crippen molar-refractivity contribution >= 4 is 11.9 Å². The minimum atomic E-state index is -0.785. The molecule has 0 spiro atoms. The van der Waals surface area contributed by atoms with Crippen molar-refractivity contribution in [3.8, 4) is 6.07 Å². The Labute approximate surface area is 126 Å². The molecule has 0 aliphatic carbocycles. The summed E-state index contributed by atoms with van der Waals surface area (Å²) in [7, 11) is 1.70. The Bertz CT molecular complexity index is 428. The molecule has 0 saturated carbocycles. The van der Waals surface area contributed by atoms with Crippen LogP contribution in [0.1, 0.15) is 33.1 Å². The van der Waals surface area contributed by atoms with Crippen LogP contribution in [0.2, 0.25) is 0 Å². The monoisotopic (exact) mass is 295 g/mol. The second kappa shape index (κ2) is 7.41. The van der Waals surface area contributed by atoms with Gasteiger partial charge >= 0.3 is 5.97 Å². The number of rotatable bonds is 6. The number of piperidine rings is 1. The highest BCUT2D eigenvalue weighted by atomic mass is 16.4. The largest absolute Gasteiger partial charge is 0.481 e. The summed E-state index contributed by atoms with van der Waals surface area (Å²) >= 11 is 0. The van der Waals surface area contributed by atoms with Crippen molar-refractivity contribution in [2.45, 2.75) is 33.1 Å². The van der Waals surface area contributed by atoms with E-state index in [1.54, 1.807) is 25.8 Å². The molecule has 6 heteroatoms. The molecule has 1 heterocycles. The van der Waals surface area contributed by atoms with Crippen molar-refractivity contribution in [2.75, 3.05) is 33.2 Å². The number of hydrogen-bond donors (Lipinski definition) is 1. The summed E-state index contributed by atoms with van der Waals surface area (Å²) in [5.74, 6) is -0.744. The van der Waals surface area contributed by atoms with Crippen LogP contribution >= 0.6 is 0 Å². The standard InChI is InChI=1S/C15H25N3O3/c1-15(2,14(20)21)12-6-4-9-18(10-12)11-13(19)17(3)8-5-7-16/h12H,4-6,8-11H2,1-3H3,(H,20,21). The van der Waals surface area contributed by atoms with Gasteiger partial charge in [-0.3, -0.25) is 14.5 Å². The number of amides is 1. The van der Waals surface area contributed by atoms with Gasteiger partial charge in [-0.1, -0.05) is 0 Å². The van der Waals surface area contributed by atoms with Gasteiger partial charge in [0.2, 0.25) is 5.91 Å². The molecule has 1 unspecified atom stereocenters. The van der Waals surface area contributed by atoms with Crippen molar-refractivity contribution in [3.05, 3.63) is 0 Å². The number of carboxylic acid groups (broad SMARTS) is 1. The molecule has 118 valence electrons. The fourth-order valence-corrected chi connectivity index (χ4v) is 2.62. The number of hydrogen-bond acceptors (Lipinski definition) is 4. The molecule has 0 aromatic heterocycles. The molecule has 1 aliphatic heterocycles. The van der Waals surface area contributed by atoms with E-state index in [1.807, 2.05) is 11.0 Å². The predicted octanol–water partition coefficient (Wildman–Crippen LogP) is 1.18.